The van der Waals surface area contributed by atoms with Crippen molar-refractivity contribution in [2.45, 2.75) is 12.5 Å². The maximum atomic E-state index is 13.7. The van der Waals surface area contributed by atoms with Crippen LogP contribution >= 0.6 is 0 Å². The third-order valence-corrected chi connectivity index (χ3v) is 3.34. The lowest BCUT2D eigenvalue weighted by molar-refractivity contribution is -0.124. The van der Waals surface area contributed by atoms with Gasteiger partial charge in [0.15, 0.2) is 18.2 Å². The van der Waals surface area contributed by atoms with Crippen LogP contribution in [-0.4, -0.2) is 24.2 Å². The molecule has 2 rings (SSSR count). The normalized spacial score (nSPS) is 13.2. The Morgan fingerprint density at radius 3 is 2.54 bits per heavy atom. The van der Waals surface area contributed by atoms with Crippen molar-refractivity contribution in [3.63, 3.8) is 0 Å². The zero-order valence-corrected chi connectivity index (χ0v) is 12.9. The Labute approximate surface area is 136 Å². The van der Waals surface area contributed by atoms with Gasteiger partial charge < -0.3 is 15.2 Å². The second kappa shape index (κ2) is 7.35. The maximum absolute atomic E-state index is 13.7. The minimum absolute atomic E-state index is 0.0796. The standard InChI is InChI=1S/C17H16F3NO3/c1-17(23,12-7-6-11(18)8-14(12)20)10-21-16(22)9-24-15-5-3-2-4-13(15)19/h2-8,23H,9-10H2,1H3,(H,21,22)/t17-/m0/s1. The van der Waals surface area contributed by atoms with Crippen LogP contribution in [0.5, 0.6) is 5.75 Å². The van der Waals surface area contributed by atoms with Crippen LogP contribution < -0.4 is 10.1 Å². The molecule has 1 amide bonds. The third-order valence-electron chi connectivity index (χ3n) is 3.34. The van der Waals surface area contributed by atoms with Crippen LogP contribution in [0.2, 0.25) is 0 Å². The topological polar surface area (TPSA) is 58.6 Å². The average Bonchev–Trinajstić information content (AvgIpc) is 2.52. The van der Waals surface area contributed by atoms with Gasteiger partial charge in [-0.25, -0.2) is 13.2 Å². The molecule has 0 bridgehead atoms. The van der Waals surface area contributed by atoms with Gasteiger partial charge in [0.05, 0.1) is 6.54 Å². The highest BCUT2D eigenvalue weighted by molar-refractivity contribution is 5.77. The van der Waals surface area contributed by atoms with E-state index in [4.69, 9.17) is 4.74 Å². The van der Waals surface area contributed by atoms with E-state index in [0.717, 1.165) is 12.1 Å². The molecule has 4 nitrogen and oxygen atoms in total. The van der Waals surface area contributed by atoms with E-state index in [-0.39, 0.29) is 17.9 Å². The summed E-state index contributed by atoms with van der Waals surface area (Å²) in [6.07, 6.45) is 0. The minimum atomic E-state index is -1.74. The SMILES string of the molecule is C[C@](O)(CNC(=O)COc1ccccc1F)c1ccc(F)cc1F. The van der Waals surface area contributed by atoms with Crippen molar-refractivity contribution in [1.82, 2.24) is 5.32 Å². The van der Waals surface area contributed by atoms with E-state index in [1.165, 1.54) is 25.1 Å². The summed E-state index contributed by atoms with van der Waals surface area (Å²) in [7, 11) is 0. The van der Waals surface area contributed by atoms with Gasteiger partial charge in [0.25, 0.3) is 5.91 Å². The second-order valence-electron chi connectivity index (χ2n) is 5.39. The number of hydrogen-bond donors (Lipinski definition) is 2. The highest BCUT2D eigenvalue weighted by Gasteiger charge is 2.27. The summed E-state index contributed by atoms with van der Waals surface area (Å²) in [5, 5.41) is 12.6. The molecule has 0 unspecified atom stereocenters. The van der Waals surface area contributed by atoms with Crippen LogP contribution in [0.1, 0.15) is 12.5 Å². The van der Waals surface area contributed by atoms with Gasteiger partial charge in [-0.1, -0.05) is 18.2 Å². The van der Waals surface area contributed by atoms with Crippen molar-refractivity contribution in [3.8, 4) is 5.75 Å². The Morgan fingerprint density at radius 1 is 1.17 bits per heavy atom. The average molecular weight is 339 g/mol. The first-order chi connectivity index (χ1) is 11.3. The predicted molar refractivity (Wildman–Crippen MR) is 80.8 cm³/mol. The van der Waals surface area contributed by atoms with E-state index in [0.29, 0.717) is 6.07 Å². The van der Waals surface area contributed by atoms with Gasteiger partial charge in [-0.05, 0) is 25.1 Å². The highest BCUT2D eigenvalue weighted by Crippen LogP contribution is 2.23. The van der Waals surface area contributed by atoms with Crippen LogP contribution in [0.15, 0.2) is 42.5 Å². The summed E-state index contributed by atoms with van der Waals surface area (Å²) in [4.78, 5) is 11.7. The van der Waals surface area contributed by atoms with Crippen LogP contribution in [0, 0.1) is 17.5 Å². The molecular formula is C17H16F3NO3. The molecular weight excluding hydrogens is 323 g/mol. The number of aliphatic hydroxyl groups is 1. The van der Waals surface area contributed by atoms with E-state index >= 15 is 0 Å². The summed E-state index contributed by atoms with van der Waals surface area (Å²) in [5.74, 6) is -3.00. The number of amides is 1. The van der Waals surface area contributed by atoms with Crippen molar-refractivity contribution in [3.05, 3.63) is 65.5 Å². The number of halogens is 3. The number of hydrogen-bond acceptors (Lipinski definition) is 3. The Hall–Kier alpha value is -2.54. The van der Waals surface area contributed by atoms with Crippen molar-refractivity contribution in [2.24, 2.45) is 0 Å². The van der Waals surface area contributed by atoms with Gasteiger partial charge in [0, 0.05) is 11.6 Å². The number of para-hydroxylation sites is 1. The van der Waals surface area contributed by atoms with Crippen LogP contribution in [0.4, 0.5) is 13.2 Å². The summed E-state index contributed by atoms with van der Waals surface area (Å²) in [6, 6.07) is 8.35. The third kappa shape index (κ3) is 4.48. The Kier molecular flexibility index (Phi) is 5.46. The van der Waals surface area contributed by atoms with Gasteiger partial charge in [-0.15, -0.1) is 0 Å². The largest absolute Gasteiger partial charge is 0.481 e. The minimum Gasteiger partial charge on any atom is -0.481 e. The van der Waals surface area contributed by atoms with Crippen LogP contribution in [0.25, 0.3) is 0 Å². The summed E-state index contributed by atoms with van der Waals surface area (Å²) < 4.78 is 45.0. The van der Waals surface area contributed by atoms with Crippen molar-refractivity contribution >= 4 is 5.91 Å². The molecule has 1 atom stereocenters. The van der Waals surface area contributed by atoms with E-state index in [1.807, 2.05) is 0 Å². The van der Waals surface area contributed by atoms with Crippen molar-refractivity contribution in [1.29, 1.82) is 0 Å². The lowest BCUT2D eigenvalue weighted by Gasteiger charge is -2.24. The fourth-order valence-corrected chi connectivity index (χ4v) is 2.05. The summed E-state index contributed by atoms with van der Waals surface area (Å²) in [5.41, 5.74) is -1.90. The fourth-order valence-electron chi connectivity index (χ4n) is 2.05. The van der Waals surface area contributed by atoms with E-state index < -0.39 is 35.6 Å². The number of carbonyl (C=O) groups excluding carboxylic acids is 1. The molecule has 24 heavy (non-hydrogen) atoms. The van der Waals surface area contributed by atoms with Gasteiger partial charge >= 0.3 is 0 Å². The molecule has 0 aliphatic carbocycles. The highest BCUT2D eigenvalue weighted by atomic mass is 19.1. The van der Waals surface area contributed by atoms with Gasteiger partial charge in [-0.3, -0.25) is 4.79 Å². The molecule has 2 aromatic rings. The predicted octanol–water partition coefficient (Wildman–Crippen LogP) is 2.51. The Bertz CT molecular complexity index is 735. The quantitative estimate of drug-likeness (QED) is 0.850. The monoisotopic (exact) mass is 339 g/mol. The molecule has 0 heterocycles. The molecule has 0 aromatic heterocycles. The number of nitrogens with one attached hydrogen (secondary N) is 1. The maximum Gasteiger partial charge on any atom is 0.258 e. The lowest BCUT2D eigenvalue weighted by atomic mass is 9.95. The molecule has 2 aromatic carbocycles. The van der Waals surface area contributed by atoms with E-state index in [9.17, 15) is 23.1 Å². The zero-order chi connectivity index (χ0) is 17.7. The van der Waals surface area contributed by atoms with Crippen molar-refractivity contribution < 1.29 is 27.8 Å². The second-order valence-corrected chi connectivity index (χ2v) is 5.39. The Balaban J connectivity index is 1.91. The molecule has 2 N–H and O–H groups in total. The molecule has 7 heteroatoms. The molecule has 0 fully saturated rings. The van der Waals surface area contributed by atoms with Crippen LogP contribution in [-0.2, 0) is 10.4 Å². The first-order valence-electron chi connectivity index (χ1n) is 7.11. The number of rotatable bonds is 6. The van der Waals surface area contributed by atoms with Crippen molar-refractivity contribution in [2.75, 3.05) is 13.2 Å². The van der Waals surface area contributed by atoms with Crippen LogP contribution in [0.3, 0.4) is 0 Å². The van der Waals surface area contributed by atoms with E-state index in [1.54, 1.807) is 6.07 Å². The van der Waals surface area contributed by atoms with Gasteiger partial charge in [0.1, 0.15) is 17.2 Å². The molecule has 0 aliphatic heterocycles. The molecule has 0 spiro atoms. The zero-order valence-electron chi connectivity index (χ0n) is 12.9. The van der Waals surface area contributed by atoms with Gasteiger partial charge in [0.2, 0.25) is 0 Å². The lowest BCUT2D eigenvalue weighted by Crippen LogP contribution is -2.41. The first-order valence-corrected chi connectivity index (χ1v) is 7.11. The molecule has 128 valence electrons. The first kappa shape index (κ1) is 17.8. The number of carbonyl (C=O) groups is 1. The van der Waals surface area contributed by atoms with Gasteiger partial charge in [-0.2, -0.15) is 0 Å². The molecule has 0 aliphatic rings. The summed E-state index contributed by atoms with van der Waals surface area (Å²) >= 11 is 0. The Morgan fingerprint density at radius 2 is 1.88 bits per heavy atom. The fraction of sp³-hybridized carbons (Fsp3) is 0.235. The molecule has 0 saturated carbocycles. The smallest absolute Gasteiger partial charge is 0.258 e. The molecule has 0 radical (unpaired) electrons. The number of ether oxygens (including phenoxy) is 1. The number of benzene rings is 2. The molecule has 0 saturated heterocycles. The summed E-state index contributed by atoms with van der Waals surface area (Å²) in [6.45, 7) is 0.485. The van der Waals surface area contributed by atoms with E-state index in [2.05, 4.69) is 5.32 Å².